The van der Waals surface area contributed by atoms with Crippen molar-refractivity contribution >= 4 is 28.0 Å². The van der Waals surface area contributed by atoms with Crippen LogP contribution in [0.3, 0.4) is 0 Å². The number of nitrogens with one attached hydrogen (secondary N) is 2. The number of H-pyrrole nitrogens is 1. The zero-order valence-electron chi connectivity index (χ0n) is 10.7. The first-order valence-corrected chi connectivity index (χ1v) is 6.00. The number of rotatable bonds is 2. The lowest BCUT2D eigenvalue weighted by Gasteiger charge is -2.11. The Kier molecular flexibility index (Phi) is 2.78. The van der Waals surface area contributed by atoms with Gasteiger partial charge >= 0.3 is 0 Å². The van der Waals surface area contributed by atoms with E-state index in [1.54, 1.807) is 18.3 Å². The maximum absolute atomic E-state index is 13.8. The summed E-state index contributed by atoms with van der Waals surface area (Å²) in [6.07, 6.45) is 1.64. The Hall–Kier alpha value is -2.63. The molecule has 102 valence electrons. The highest BCUT2D eigenvalue weighted by molar-refractivity contribution is 5.89. The van der Waals surface area contributed by atoms with Crippen molar-refractivity contribution in [3.8, 4) is 0 Å². The molecule has 3 rings (SSSR count). The van der Waals surface area contributed by atoms with Crippen LogP contribution in [0.1, 0.15) is 5.56 Å². The molecule has 3 aromatic rings. The average molecular weight is 274 g/mol. The smallest absolute Gasteiger partial charge is 0.147 e. The van der Waals surface area contributed by atoms with Crippen LogP contribution in [0.25, 0.3) is 10.9 Å². The molecular weight excluding hydrogens is 262 g/mol. The molecule has 0 aliphatic rings. The second kappa shape index (κ2) is 4.48. The standard InChI is InChI=1S/C14H12F2N4/c1-7-2-10(16)13(4-9(7)15)19-14-5-12-8(3-11(14)17)6-18-20-12/h2-6,19H,17H2,1H3,(H,18,20). The molecule has 0 amide bonds. The topological polar surface area (TPSA) is 66.7 Å². The molecular formula is C14H12F2N4. The van der Waals surface area contributed by atoms with Gasteiger partial charge in [-0.1, -0.05) is 0 Å². The second-order valence-electron chi connectivity index (χ2n) is 4.60. The van der Waals surface area contributed by atoms with E-state index in [9.17, 15) is 8.78 Å². The third-order valence-corrected chi connectivity index (χ3v) is 3.13. The summed E-state index contributed by atoms with van der Waals surface area (Å²) in [5, 5.41) is 10.3. The van der Waals surface area contributed by atoms with Gasteiger partial charge in [0.05, 0.1) is 28.8 Å². The van der Waals surface area contributed by atoms with Gasteiger partial charge in [-0.15, -0.1) is 0 Å². The molecule has 2 aromatic carbocycles. The fourth-order valence-corrected chi connectivity index (χ4v) is 2.00. The van der Waals surface area contributed by atoms with Gasteiger partial charge < -0.3 is 11.1 Å². The summed E-state index contributed by atoms with van der Waals surface area (Å²) in [5.74, 6) is -1.01. The number of aromatic nitrogens is 2. The lowest BCUT2D eigenvalue weighted by Crippen LogP contribution is -2.00. The molecule has 0 spiro atoms. The van der Waals surface area contributed by atoms with E-state index >= 15 is 0 Å². The fraction of sp³-hybridized carbons (Fsp3) is 0.0714. The van der Waals surface area contributed by atoms with Crippen molar-refractivity contribution in [3.05, 3.63) is 47.7 Å². The molecule has 6 heteroatoms. The lowest BCUT2D eigenvalue weighted by molar-refractivity contribution is 0.595. The van der Waals surface area contributed by atoms with E-state index < -0.39 is 11.6 Å². The minimum Gasteiger partial charge on any atom is -0.397 e. The fourth-order valence-electron chi connectivity index (χ4n) is 2.00. The number of nitrogens with two attached hydrogens (primary N) is 1. The van der Waals surface area contributed by atoms with E-state index in [4.69, 9.17) is 5.73 Å². The normalized spacial score (nSPS) is 10.9. The number of hydrogen-bond acceptors (Lipinski definition) is 3. The van der Waals surface area contributed by atoms with E-state index in [-0.39, 0.29) is 11.3 Å². The van der Waals surface area contributed by atoms with Crippen molar-refractivity contribution in [1.29, 1.82) is 0 Å². The molecule has 0 saturated heterocycles. The number of aryl methyl sites for hydroxylation is 1. The maximum atomic E-state index is 13.8. The van der Waals surface area contributed by atoms with Crippen molar-refractivity contribution in [2.24, 2.45) is 0 Å². The Labute approximate surface area is 113 Å². The molecule has 0 radical (unpaired) electrons. The predicted molar refractivity (Wildman–Crippen MR) is 74.9 cm³/mol. The van der Waals surface area contributed by atoms with Crippen LogP contribution in [0.15, 0.2) is 30.5 Å². The summed E-state index contributed by atoms with van der Waals surface area (Å²) in [7, 11) is 0. The van der Waals surface area contributed by atoms with Crippen molar-refractivity contribution in [1.82, 2.24) is 10.2 Å². The van der Waals surface area contributed by atoms with E-state index in [0.29, 0.717) is 11.4 Å². The average Bonchev–Trinajstić information content (AvgIpc) is 2.83. The van der Waals surface area contributed by atoms with Crippen molar-refractivity contribution in [2.45, 2.75) is 6.92 Å². The summed E-state index contributed by atoms with van der Waals surface area (Å²) in [6, 6.07) is 5.67. The number of anilines is 3. The van der Waals surface area contributed by atoms with Crippen LogP contribution in [0.4, 0.5) is 25.8 Å². The Morgan fingerprint density at radius 3 is 2.70 bits per heavy atom. The molecule has 4 N–H and O–H groups in total. The summed E-state index contributed by atoms with van der Waals surface area (Å²) in [6.45, 7) is 1.51. The maximum Gasteiger partial charge on any atom is 0.147 e. The third-order valence-electron chi connectivity index (χ3n) is 3.13. The number of nitrogen functional groups attached to an aromatic ring is 1. The quantitative estimate of drug-likeness (QED) is 0.627. The monoisotopic (exact) mass is 274 g/mol. The molecule has 0 bridgehead atoms. The number of fused-ring (bicyclic) bond motifs is 1. The van der Waals surface area contributed by atoms with Crippen LogP contribution in [0.2, 0.25) is 0 Å². The van der Waals surface area contributed by atoms with Gasteiger partial charge in [0.1, 0.15) is 11.6 Å². The van der Waals surface area contributed by atoms with Gasteiger partial charge in [0.25, 0.3) is 0 Å². The first-order chi connectivity index (χ1) is 9.54. The Balaban J connectivity index is 2.04. The van der Waals surface area contributed by atoms with Crippen molar-refractivity contribution < 1.29 is 8.78 Å². The number of halogens is 2. The second-order valence-corrected chi connectivity index (χ2v) is 4.60. The van der Waals surface area contributed by atoms with Crippen molar-refractivity contribution in [2.75, 3.05) is 11.1 Å². The summed E-state index contributed by atoms with van der Waals surface area (Å²) >= 11 is 0. The van der Waals surface area contributed by atoms with Crippen LogP contribution in [0.5, 0.6) is 0 Å². The number of aromatic amines is 1. The largest absolute Gasteiger partial charge is 0.397 e. The minimum atomic E-state index is -0.534. The zero-order valence-corrected chi connectivity index (χ0v) is 10.7. The first kappa shape index (κ1) is 12.4. The van der Waals surface area contributed by atoms with E-state index in [0.717, 1.165) is 23.0 Å². The predicted octanol–water partition coefficient (Wildman–Crippen LogP) is 3.48. The summed E-state index contributed by atoms with van der Waals surface area (Å²) in [5.41, 5.74) is 7.87. The van der Waals surface area contributed by atoms with Gasteiger partial charge in [0.2, 0.25) is 0 Å². The Bertz CT molecular complexity index is 795. The molecule has 0 aliphatic heterocycles. The molecule has 1 heterocycles. The van der Waals surface area contributed by atoms with Crippen LogP contribution in [0, 0.1) is 18.6 Å². The van der Waals surface area contributed by atoms with E-state index in [1.165, 1.54) is 6.92 Å². The van der Waals surface area contributed by atoms with Crippen LogP contribution in [-0.2, 0) is 0 Å². The Morgan fingerprint density at radius 1 is 1.10 bits per heavy atom. The molecule has 1 aromatic heterocycles. The van der Waals surface area contributed by atoms with E-state index in [1.807, 2.05) is 0 Å². The Morgan fingerprint density at radius 2 is 1.90 bits per heavy atom. The van der Waals surface area contributed by atoms with Gasteiger partial charge in [-0.3, -0.25) is 5.10 Å². The van der Waals surface area contributed by atoms with Gasteiger partial charge in [-0.25, -0.2) is 8.78 Å². The number of nitrogens with zero attached hydrogens (tertiary/aromatic N) is 1. The zero-order chi connectivity index (χ0) is 14.3. The molecule has 0 atom stereocenters. The van der Waals surface area contributed by atoms with Crippen LogP contribution in [-0.4, -0.2) is 10.2 Å². The molecule has 0 fully saturated rings. The van der Waals surface area contributed by atoms with Gasteiger partial charge in [0.15, 0.2) is 0 Å². The molecule has 0 saturated carbocycles. The molecule has 4 nitrogen and oxygen atoms in total. The summed E-state index contributed by atoms with van der Waals surface area (Å²) < 4.78 is 27.3. The highest BCUT2D eigenvalue weighted by atomic mass is 19.1. The van der Waals surface area contributed by atoms with Gasteiger partial charge in [0, 0.05) is 11.5 Å². The molecule has 20 heavy (non-hydrogen) atoms. The van der Waals surface area contributed by atoms with Crippen LogP contribution < -0.4 is 11.1 Å². The SMILES string of the molecule is Cc1cc(F)c(Nc2cc3[nH]ncc3cc2N)cc1F. The third kappa shape index (κ3) is 2.05. The molecule has 0 aliphatic carbocycles. The summed E-state index contributed by atoms with van der Waals surface area (Å²) in [4.78, 5) is 0. The van der Waals surface area contributed by atoms with Gasteiger partial charge in [-0.2, -0.15) is 5.10 Å². The highest BCUT2D eigenvalue weighted by Crippen LogP contribution is 2.29. The minimum absolute atomic E-state index is 0.0404. The highest BCUT2D eigenvalue weighted by Gasteiger charge is 2.10. The van der Waals surface area contributed by atoms with E-state index in [2.05, 4.69) is 15.5 Å². The van der Waals surface area contributed by atoms with Crippen LogP contribution >= 0.6 is 0 Å². The first-order valence-electron chi connectivity index (χ1n) is 6.00. The molecule has 0 unspecified atom stereocenters. The van der Waals surface area contributed by atoms with Crippen molar-refractivity contribution in [3.63, 3.8) is 0 Å². The lowest BCUT2D eigenvalue weighted by atomic mass is 10.1. The van der Waals surface area contributed by atoms with Gasteiger partial charge in [-0.05, 0) is 30.7 Å². The number of hydrogen-bond donors (Lipinski definition) is 3. The number of benzene rings is 2.